The van der Waals surface area contributed by atoms with Crippen LogP contribution in [0.3, 0.4) is 0 Å². The van der Waals surface area contributed by atoms with Crippen LogP contribution in [-0.2, 0) is 12.8 Å². The molecule has 1 N–H and O–H groups in total. The average molecular weight is 369 g/mol. The molecule has 0 spiro atoms. The van der Waals surface area contributed by atoms with Gasteiger partial charge in [0.1, 0.15) is 11.5 Å². The second-order valence-corrected chi connectivity index (χ2v) is 6.42. The first-order chi connectivity index (χ1) is 13.8. The zero-order chi connectivity index (χ0) is 18.9. The fraction of sp³-hybridized carbons (Fsp3) is 0.0952. The summed E-state index contributed by atoms with van der Waals surface area (Å²) in [4.78, 5) is 28.4. The molecule has 5 rings (SSSR count). The first-order valence-corrected chi connectivity index (χ1v) is 8.92. The van der Waals surface area contributed by atoms with Crippen LogP contribution in [0.15, 0.2) is 70.1 Å². The fourth-order valence-corrected chi connectivity index (χ4v) is 3.23. The van der Waals surface area contributed by atoms with Gasteiger partial charge in [-0.15, -0.1) is 0 Å². The van der Waals surface area contributed by atoms with Crippen molar-refractivity contribution < 1.29 is 4.52 Å². The van der Waals surface area contributed by atoms with Gasteiger partial charge in [-0.1, -0.05) is 41.6 Å². The number of para-hydroxylation sites is 1. The number of hydrogen-bond acceptors (Lipinski definition) is 6. The predicted molar refractivity (Wildman–Crippen MR) is 105 cm³/mol. The van der Waals surface area contributed by atoms with E-state index in [0.717, 1.165) is 10.8 Å². The van der Waals surface area contributed by atoms with E-state index in [9.17, 15) is 4.79 Å². The van der Waals surface area contributed by atoms with Crippen LogP contribution >= 0.6 is 0 Å². The van der Waals surface area contributed by atoms with Crippen LogP contribution in [-0.4, -0.2) is 25.1 Å². The highest BCUT2D eigenvalue weighted by Gasteiger charge is 2.13. The van der Waals surface area contributed by atoms with Crippen LogP contribution < -0.4 is 5.56 Å². The number of aryl methyl sites for hydroxylation is 2. The third-order valence-electron chi connectivity index (χ3n) is 4.59. The highest BCUT2D eigenvalue weighted by Crippen LogP contribution is 2.24. The van der Waals surface area contributed by atoms with E-state index < -0.39 is 0 Å². The van der Waals surface area contributed by atoms with Crippen LogP contribution in [0, 0.1) is 0 Å². The van der Waals surface area contributed by atoms with Gasteiger partial charge in [-0.05, 0) is 23.6 Å². The summed E-state index contributed by atoms with van der Waals surface area (Å²) in [7, 11) is 0. The Morgan fingerprint density at radius 1 is 0.893 bits per heavy atom. The predicted octanol–water partition coefficient (Wildman–Crippen LogP) is 3.31. The summed E-state index contributed by atoms with van der Waals surface area (Å²) in [6, 6.07) is 17.1. The number of benzene rings is 2. The number of fused-ring (bicyclic) bond motifs is 2. The van der Waals surface area contributed by atoms with Crippen LogP contribution in [0.2, 0.25) is 0 Å². The third kappa shape index (κ3) is 2.92. The minimum atomic E-state index is -0.147. The summed E-state index contributed by atoms with van der Waals surface area (Å²) < 4.78 is 5.39. The molecule has 0 radical (unpaired) electrons. The Balaban J connectivity index is 1.41. The lowest BCUT2D eigenvalue weighted by atomic mass is 10.1. The minimum Gasteiger partial charge on any atom is -0.339 e. The molecule has 0 amide bonds. The van der Waals surface area contributed by atoms with Gasteiger partial charge in [-0.25, -0.2) is 4.98 Å². The van der Waals surface area contributed by atoms with Crippen molar-refractivity contribution in [1.82, 2.24) is 25.1 Å². The van der Waals surface area contributed by atoms with Gasteiger partial charge in [-0.3, -0.25) is 9.78 Å². The number of rotatable bonds is 4. The number of aromatic nitrogens is 5. The Kier molecular flexibility index (Phi) is 3.90. The first kappa shape index (κ1) is 16.3. The first-order valence-electron chi connectivity index (χ1n) is 8.92. The summed E-state index contributed by atoms with van der Waals surface area (Å²) in [6.45, 7) is 0. The summed E-state index contributed by atoms with van der Waals surface area (Å²) in [5.74, 6) is 1.51. The summed E-state index contributed by atoms with van der Waals surface area (Å²) in [5, 5.41) is 6.69. The molecule has 0 saturated heterocycles. The van der Waals surface area contributed by atoms with Gasteiger partial charge in [0.2, 0.25) is 11.7 Å². The van der Waals surface area contributed by atoms with Crippen LogP contribution in [0.25, 0.3) is 33.2 Å². The van der Waals surface area contributed by atoms with Gasteiger partial charge in [0.15, 0.2) is 0 Å². The van der Waals surface area contributed by atoms with E-state index in [1.165, 1.54) is 0 Å². The summed E-state index contributed by atoms with van der Waals surface area (Å²) >= 11 is 0. The van der Waals surface area contributed by atoms with Crippen molar-refractivity contribution in [2.24, 2.45) is 0 Å². The molecule has 0 atom stereocenters. The Hall–Kier alpha value is -3.87. The monoisotopic (exact) mass is 369 g/mol. The Morgan fingerprint density at radius 2 is 1.71 bits per heavy atom. The molecule has 3 aromatic heterocycles. The minimum absolute atomic E-state index is 0.147. The Bertz CT molecular complexity index is 1350. The second-order valence-electron chi connectivity index (χ2n) is 6.42. The molecule has 0 bridgehead atoms. The molecule has 28 heavy (non-hydrogen) atoms. The molecule has 0 aliphatic heterocycles. The van der Waals surface area contributed by atoms with E-state index in [-0.39, 0.29) is 5.56 Å². The lowest BCUT2D eigenvalue weighted by Gasteiger charge is -2.01. The molecule has 5 aromatic rings. The van der Waals surface area contributed by atoms with Crippen molar-refractivity contribution in [3.8, 4) is 11.5 Å². The van der Waals surface area contributed by atoms with E-state index in [2.05, 4.69) is 25.1 Å². The molecule has 0 saturated carbocycles. The molecule has 0 unspecified atom stereocenters. The molecule has 7 nitrogen and oxygen atoms in total. The molecule has 2 aromatic carbocycles. The Morgan fingerprint density at radius 3 is 2.64 bits per heavy atom. The number of H-pyrrole nitrogens is 1. The smallest absolute Gasteiger partial charge is 0.258 e. The SMILES string of the molecule is O=c1[nH]c(CCc2nc(-c3nccc4ccccc34)no2)nc2ccccc12. The molecule has 0 fully saturated rings. The summed E-state index contributed by atoms with van der Waals surface area (Å²) in [5.41, 5.74) is 1.21. The topological polar surface area (TPSA) is 97.6 Å². The number of nitrogens with one attached hydrogen (secondary N) is 1. The van der Waals surface area contributed by atoms with Gasteiger partial charge in [0.05, 0.1) is 10.9 Å². The highest BCUT2D eigenvalue weighted by molar-refractivity contribution is 5.92. The maximum Gasteiger partial charge on any atom is 0.258 e. The van der Waals surface area contributed by atoms with Gasteiger partial charge in [0.25, 0.3) is 5.56 Å². The van der Waals surface area contributed by atoms with Gasteiger partial charge in [-0.2, -0.15) is 4.98 Å². The van der Waals surface area contributed by atoms with Gasteiger partial charge >= 0.3 is 0 Å². The molecule has 7 heteroatoms. The quantitative estimate of drug-likeness (QED) is 0.522. The Labute approximate surface area is 159 Å². The van der Waals surface area contributed by atoms with Gasteiger partial charge in [0, 0.05) is 24.4 Å². The highest BCUT2D eigenvalue weighted by atomic mass is 16.5. The fourth-order valence-electron chi connectivity index (χ4n) is 3.23. The molecule has 136 valence electrons. The largest absolute Gasteiger partial charge is 0.339 e. The molecule has 0 aliphatic carbocycles. The van der Waals surface area contributed by atoms with E-state index in [0.29, 0.717) is 47.0 Å². The lowest BCUT2D eigenvalue weighted by molar-refractivity contribution is 0.378. The molecule has 0 aliphatic rings. The number of hydrogen-bond donors (Lipinski definition) is 1. The van der Waals surface area contributed by atoms with Crippen molar-refractivity contribution in [2.45, 2.75) is 12.8 Å². The zero-order valence-corrected chi connectivity index (χ0v) is 14.8. The number of aromatic amines is 1. The van der Waals surface area contributed by atoms with Crippen molar-refractivity contribution in [2.75, 3.05) is 0 Å². The maximum absolute atomic E-state index is 12.2. The van der Waals surface area contributed by atoms with E-state index in [4.69, 9.17) is 4.52 Å². The van der Waals surface area contributed by atoms with Crippen LogP contribution in [0.1, 0.15) is 11.7 Å². The second kappa shape index (κ2) is 6.70. The zero-order valence-electron chi connectivity index (χ0n) is 14.8. The summed E-state index contributed by atoms with van der Waals surface area (Å²) in [6.07, 6.45) is 2.70. The van der Waals surface area contributed by atoms with E-state index in [1.54, 1.807) is 12.3 Å². The average Bonchev–Trinajstić information content (AvgIpc) is 3.21. The lowest BCUT2D eigenvalue weighted by Crippen LogP contribution is -2.12. The standard InChI is InChI=1S/C21H15N5O2/c27-21-15-7-3-4-8-16(15)23-17(24-21)9-10-18-25-20(26-28-18)19-14-6-2-1-5-13(14)11-12-22-19/h1-8,11-12H,9-10H2,(H,23,24,27). The molecular weight excluding hydrogens is 354 g/mol. The molecular formula is C21H15N5O2. The van der Waals surface area contributed by atoms with Crippen LogP contribution in [0.4, 0.5) is 0 Å². The van der Waals surface area contributed by atoms with Crippen molar-refractivity contribution >= 4 is 21.7 Å². The normalized spacial score (nSPS) is 11.3. The van der Waals surface area contributed by atoms with Crippen LogP contribution in [0.5, 0.6) is 0 Å². The van der Waals surface area contributed by atoms with Crippen molar-refractivity contribution in [3.05, 3.63) is 82.9 Å². The number of nitrogens with zero attached hydrogens (tertiary/aromatic N) is 4. The number of pyridine rings is 1. The van der Waals surface area contributed by atoms with Gasteiger partial charge < -0.3 is 9.51 Å². The van der Waals surface area contributed by atoms with E-state index in [1.807, 2.05) is 48.5 Å². The van der Waals surface area contributed by atoms with Crippen molar-refractivity contribution in [1.29, 1.82) is 0 Å². The van der Waals surface area contributed by atoms with E-state index >= 15 is 0 Å². The maximum atomic E-state index is 12.2. The third-order valence-corrected chi connectivity index (χ3v) is 4.59. The van der Waals surface area contributed by atoms with Crippen molar-refractivity contribution in [3.63, 3.8) is 0 Å². The molecule has 3 heterocycles.